The molecule has 3 aromatic rings. The van der Waals surface area contributed by atoms with E-state index in [4.69, 9.17) is 4.74 Å². The van der Waals surface area contributed by atoms with Crippen LogP contribution in [0.5, 0.6) is 0 Å². The van der Waals surface area contributed by atoms with Gasteiger partial charge in [-0.2, -0.15) is 0 Å². The second kappa shape index (κ2) is 8.63. The summed E-state index contributed by atoms with van der Waals surface area (Å²) in [6.07, 6.45) is 1.41. The molecule has 0 aliphatic rings. The summed E-state index contributed by atoms with van der Waals surface area (Å²) < 4.78 is 4.80. The maximum Gasteiger partial charge on any atom is 0.339 e. The topological polar surface area (TPSA) is 105 Å². The molecular formula is C20H19N5O3. The maximum absolute atomic E-state index is 11.9. The zero-order valence-electron chi connectivity index (χ0n) is 15.4. The lowest BCUT2D eigenvalue weighted by Gasteiger charge is -2.11. The molecule has 8 nitrogen and oxygen atoms in total. The van der Waals surface area contributed by atoms with Crippen LogP contribution in [-0.2, 0) is 9.53 Å². The molecule has 0 atom stereocenters. The molecule has 1 aromatic heterocycles. The lowest BCUT2D eigenvalue weighted by molar-refractivity contribution is -0.114. The van der Waals surface area contributed by atoms with Crippen molar-refractivity contribution >= 4 is 40.6 Å². The number of esters is 1. The Hall–Kier alpha value is -3.94. The molecule has 0 spiro atoms. The van der Waals surface area contributed by atoms with Crippen LogP contribution in [0.2, 0.25) is 0 Å². The molecule has 3 N–H and O–H groups in total. The Balaban J connectivity index is 1.74. The zero-order valence-corrected chi connectivity index (χ0v) is 15.4. The van der Waals surface area contributed by atoms with Gasteiger partial charge in [0.05, 0.1) is 18.4 Å². The van der Waals surface area contributed by atoms with Crippen molar-refractivity contribution in [2.24, 2.45) is 0 Å². The zero-order chi connectivity index (χ0) is 19.9. The Bertz CT molecular complexity index is 989. The van der Waals surface area contributed by atoms with E-state index in [2.05, 4.69) is 25.9 Å². The first kappa shape index (κ1) is 18.8. The molecule has 0 radical (unpaired) electrons. The van der Waals surface area contributed by atoms with E-state index in [-0.39, 0.29) is 5.91 Å². The standard InChI is InChI=1S/C20H19N5O3/c1-13(26)23-14-7-9-15(10-8-14)24-18-11-19(22-12-21-18)25-17-6-4-3-5-16(17)20(27)28-2/h3-12H,1-2H3,(H,23,26)(H2,21,22,24,25). The summed E-state index contributed by atoms with van der Waals surface area (Å²) in [5, 5.41) is 8.98. The molecule has 0 unspecified atom stereocenters. The van der Waals surface area contributed by atoms with E-state index in [9.17, 15) is 9.59 Å². The Kier molecular flexibility index (Phi) is 5.81. The predicted octanol–water partition coefficient (Wildman–Crippen LogP) is 3.71. The number of rotatable bonds is 6. The number of carbonyl (C=O) groups is 2. The Labute approximate surface area is 162 Å². The van der Waals surface area contributed by atoms with Crippen molar-refractivity contribution in [3.05, 3.63) is 66.5 Å². The molecule has 8 heteroatoms. The summed E-state index contributed by atoms with van der Waals surface area (Å²) in [6, 6.07) is 16.0. The average Bonchev–Trinajstić information content (AvgIpc) is 2.69. The number of para-hydroxylation sites is 1. The molecule has 142 valence electrons. The van der Waals surface area contributed by atoms with Crippen molar-refractivity contribution < 1.29 is 14.3 Å². The van der Waals surface area contributed by atoms with Crippen LogP contribution in [0.1, 0.15) is 17.3 Å². The molecule has 0 fully saturated rings. The van der Waals surface area contributed by atoms with Gasteiger partial charge in [-0.15, -0.1) is 0 Å². The highest BCUT2D eigenvalue weighted by molar-refractivity contribution is 5.96. The summed E-state index contributed by atoms with van der Waals surface area (Å²) in [4.78, 5) is 31.4. The van der Waals surface area contributed by atoms with Gasteiger partial charge in [0, 0.05) is 24.4 Å². The first-order valence-corrected chi connectivity index (χ1v) is 8.46. The molecule has 0 saturated carbocycles. The highest BCUT2D eigenvalue weighted by Crippen LogP contribution is 2.23. The minimum atomic E-state index is -0.435. The van der Waals surface area contributed by atoms with E-state index >= 15 is 0 Å². The fourth-order valence-corrected chi connectivity index (χ4v) is 2.50. The molecule has 0 aliphatic heterocycles. The lowest BCUT2D eigenvalue weighted by Crippen LogP contribution is -2.06. The van der Waals surface area contributed by atoms with Gasteiger partial charge >= 0.3 is 5.97 Å². The number of hydrogen-bond acceptors (Lipinski definition) is 7. The number of nitrogens with zero attached hydrogens (tertiary/aromatic N) is 2. The van der Waals surface area contributed by atoms with Crippen molar-refractivity contribution in [2.75, 3.05) is 23.1 Å². The Morgan fingerprint density at radius 2 is 1.54 bits per heavy atom. The van der Waals surface area contributed by atoms with Crippen LogP contribution < -0.4 is 16.0 Å². The van der Waals surface area contributed by atoms with Crippen LogP contribution in [0.15, 0.2) is 60.9 Å². The van der Waals surface area contributed by atoms with Gasteiger partial charge in [-0.05, 0) is 36.4 Å². The van der Waals surface area contributed by atoms with Crippen molar-refractivity contribution in [1.29, 1.82) is 0 Å². The summed E-state index contributed by atoms with van der Waals surface area (Å²) >= 11 is 0. The van der Waals surface area contributed by atoms with E-state index in [0.717, 1.165) is 5.69 Å². The summed E-state index contributed by atoms with van der Waals surface area (Å²) in [5.74, 6) is 0.526. The van der Waals surface area contributed by atoms with Crippen LogP contribution in [0.25, 0.3) is 0 Å². The molecule has 0 aliphatic carbocycles. The number of methoxy groups -OCH3 is 1. The van der Waals surface area contributed by atoms with Crippen LogP contribution in [0.3, 0.4) is 0 Å². The minimum Gasteiger partial charge on any atom is -0.465 e. The molecule has 3 rings (SSSR count). The lowest BCUT2D eigenvalue weighted by atomic mass is 10.2. The van der Waals surface area contributed by atoms with Crippen LogP contribution in [-0.4, -0.2) is 29.0 Å². The van der Waals surface area contributed by atoms with Gasteiger partial charge in [0.1, 0.15) is 18.0 Å². The highest BCUT2D eigenvalue weighted by atomic mass is 16.5. The average molecular weight is 377 g/mol. The van der Waals surface area contributed by atoms with E-state index in [0.29, 0.717) is 28.6 Å². The number of aromatic nitrogens is 2. The smallest absolute Gasteiger partial charge is 0.339 e. The summed E-state index contributed by atoms with van der Waals surface area (Å²) in [5.41, 5.74) is 2.50. The van der Waals surface area contributed by atoms with Crippen LogP contribution >= 0.6 is 0 Å². The van der Waals surface area contributed by atoms with Crippen LogP contribution in [0.4, 0.5) is 28.7 Å². The SMILES string of the molecule is COC(=O)c1ccccc1Nc1cc(Nc2ccc(NC(C)=O)cc2)ncn1. The normalized spacial score (nSPS) is 10.1. The molecule has 0 bridgehead atoms. The fraction of sp³-hybridized carbons (Fsp3) is 0.100. The van der Waals surface area contributed by atoms with E-state index in [1.54, 1.807) is 36.4 Å². The van der Waals surface area contributed by atoms with Gasteiger partial charge in [-0.1, -0.05) is 12.1 Å². The largest absolute Gasteiger partial charge is 0.465 e. The monoisotopic (exact) mass is 377 g/mol. The molecule has 28 heavy (non-hydrogen) atoms. The van der Waals surface area contributed by atoms with E-state index < -0.39 is 5.97 Å². The first-order chi connectivity index (χ1) is 13.5. The number of carbonyl (C=O) groups excluding carboxylic acids is 2. The molecule has 1 amide bonds. The number of amides is 1. The van der Waals surface area contributed by atoms with Crippen LogP contribution in [0, 0.1) is 0 Å². The third kappa shape index (κ3) is 4.82. The van der Waals surface area contributed by atoms with Crippen molar-refractivity contribution in [2.45, 2.75) is 6.92 Å². The van der Waals surface area contributed by atoms with Crippen molar-refractivity contribution in [1.82, 2.24) is 9.97 Å². The minimum absolute atomic E-state index is 0.125. The number of ether oxygens (including phenoxy) is 1. The number of nitrogens with one attached hydrogen (secondary N) is 3. The Morgan fingerprint density at radius 3 is 2.21 bits per heavy atom. The summed E-state index contributed by atoms with van der Waals surface area (Å²) in [7, 11) is 1.34. The maximum atomic E-state index is 11.9. The molecular weight excluding hydrogens is 358 g/mol. The highest BCUT2D eigenvalue weighted by Gasteiger charge is 2.11. The van der Waals surface area contributed by atoms with Gasteiger partial charge in [-0.25, -0.2) is 14.8 Å². The third-order valence-electron chi connectivity index (χ3n) is 3.74. The number of anilines is 5. The van der Waals surface area contributed by atoms with E-state index in [1.807, 2.05) is 18.2 Å². The molecule has 1 heterocycles. The molecule has 2 aromatic carbocycles. The second-order valence-electron chi connectivity index (χ2n) is 5.83. The van der Waals surface area contributed by atoms with Gasteiger partial charge in [0.2, 0.25) is 5.91 Å². The number of hydrogen-bond donors (Lipinski definition) is 3. The van der Waals surface area contributed by atoms with E-state index in [1.165, 1.54) is 20.4 Å². The van der Waals surface area contributed by atoms with Crippen molar-refractivity contribution in [3.63, 3.8) is 0 Å². The van der Waals surface area contributed by atoms with Crippen molar-refractivity contribution in [3.8, 4) is 0 Å². The Morgan fingerprint density at radius 1 is 0.893 bits per heavy atom. The molecule has 0 saturated heterocycles. The second-order valence-corrected chi connectivity index (χ2v) is 5.83. The summed E-state index contributed by atoms with van der Waals surface area (Å²) in [6.45, 7) is 1.46. The van der Waals surface area contributed by atoms with Gasteiger partial charge in [0.15, 0.2) is 0 Å². The van der Waals surface area contributed by atoms with Gasteiger partial charge in [0.25, 0.3) is 0 Å². The van der Waals surface area contributed by atoms with Gasteiger partial charge < -0.3 is 20.7 Å². The fourth-order valence-electron chi connectivity index (χ4n) is 2.50. The van der Waals surface area contributed by atoms with Gasteiger partial charge in [-0.3, -0.25) is 4.79 Å². The predicted molar refractivity (Wildman–Crippen MR) is 107 cm³/mol. The first-order valence-electron chi connectivity index (χ1n) is 8.46. The third-order valence-corrected chi connectivity index (χ3v) is 3.74. The quantitative estimate of drug-likeness (QED) is 0.562. The number of benzene rings is 2.